The summed E-state index contributed by atoms with van der Waals surface area (Å²) in [6, 6.07) is 8.64. The topological polar surface area (TPSA) is 96.2 Å². The molecule has 2 rings (SSSR count). The number of carbonyl (C=O) groups is 1. The van der Waals surface area contributed by atoms with Crippen molar-refractivity contribution in [3.8, 4) is 0 Å². The molecular weight excluding hydrogens is 366 g/mol. The van der Waals surface area contributed by atoms with Gasteiger partial charge in [0, 0.05) is 18.8 Å². The maximum atomic E-state index is 12.8. The Kier molecular flexibility index (Phi) is 7.18. The molecule has 0 bridgehead atoms. The van der Waals surface area contributed by atoms with Gasteiger partial charge in [0.25, 0.3) is 5.91 Å². The number of benzene rings is 1. The Bertz CT molecular complexity index is 859. The fourth-order valence-corrected chi connectivity index (χ4v) is 4.53. The Balaban J connectivity index is 2.08. The molecule has 2 aromatic rings. The van der Waals surface area contributed by atoms with Crippen LogP contribution in [0.3, 0.4) is 0 Å². The van der Waals surface area contributed by atoms with Gasteiger partial charge in [-0.25, -0.2) is 8.42 Å². The van der Waals surface area contributed by atoms with Gasteiger partial charge in [0.2, 0.25) is 10.0 Å². The monoisotopic (exact) mass is 394 g/mol. The number of hydrogen-bond donors (Lipinski definition) is 2. The second kappa shape index (κ2) is 9.16. The van der Waals surface area contributed by atoms with E-state index in [1.807, 2.05) is 24.4 Å². The first-order chi connectivity index (χ1) is 12.8. The van der Waals surface area contributed by atoms with Gasteiger partial charge in [0.15, 0.2) is 12.3 Å². The molecule has 1 heterocycles. The highest BCUT2D eigenvalue weighted by Gasteiger charge is 2.24. The van der Waals surface area contributed by atoms with E-state index in [4.69, 9.17) is 4.42 Å². The summed E-state index contributed by atoms with van der Waals surface area (Å²) >= 11 is 0. The maximum absolute atomic E-state index is 12.8. The number of nitrogens with two attached hydrogens (primary N) is 1. The lowest BCUT2D eigenvalue weighted by molar-refractivity contribution is -0.684. The third kappa shape index (κ3) is 5.18. The Morgan fingerprint density at radius 2 is 1.96 bits per heavy atom. The molecule has 1 aromatic carbocycles. The molecule has 0 spiro atoms. The van der Waals surface area contributed by atoms with Crippen LogP contribution in [0.25, 0.3) is 0 Å². The van der Waals surface area contributed by atoms with Gasteiger partial charge in [-0.15, -0.1) is 0 Å². The number of anilines is 1. The molecule has 8 heteroatoms. The van der Waals surface area contributed by atoms with Gasteiger partial charge >= 0.3 is 0 Å². The summed E-state index contributed by atoms with van der Waals surface area (Å²) < 4.78 is 32.3. The van der Waals surface area contributed by atoms with Crippen LogP contribution in [0.15, 0.2) is 45.9 Å². The number of nitrogens with zero attached hydrogens (tertiary/aromatic N) is 1. The van der Waals surface area contributed by atoms with Crippen LogP contribution in [0, 0.1) is 6.92 Å². The first-order valence-corrected chi connectivity index (χ1v) is 10.5. The number of rotatable bonds is 9. The second-order valence-electron chi connectivity index (χ2n) is 6.36. The van der Waals surface area contributed by atoms with Crippen LogP contribution in [0.1, 0.15) is 38.1 Å². The quantitative estimate of drug-likeness (QED) is 0.679. The Hall–Kier alpha value is -2.16. The van der Waals surface area contributed by atoms with Crippen molar-refractivity contribution in [2.75, 3.05) is 25.0 Å². The summed E-state index contributed by atoms with van der Waals surface area (Å²) in [6.45, 7) is 8.31. The van der Waals surface area contributed by atoms with E-state index in [1.54, 1.807) is 39.2 Å². The van der Waals surface area contributed by atoms with Gasteiger partial charge in [-0.05, 0) is 43.7 Å². The zero-order valence-corrected chi connectivity index (χ0v) is 17.0. The van der Waals surface area contributed by atoms with Crippen LogP contribution in [-0.4, -0.2) is 38.3 Å². The minimum Gasteiger partial charge on any atom is -0.463 e. The van der Waals surface area contributed by atoms with Crippen LogP contribution in [-0.2, 0) is 14.8 Å². The lowest BCUT2D eigenvalue weighted by atomic mass is 10.2. The smallest absolute Gasteiger partial charge is 0.279 e. The first kappa shape index (κ1) is 21.1. The van der Waals surface area contributed by atoms with E-state index in [0.29, 0.717) is 24.3 Å². The van der Waals surface area contributed by atoms with Gasteiger partial charge in [-0.1, -0.05) is 19.9 Å². The molecule has 0 unspecified atom stereocenters. The van der Waals surface area contributed by atoms with E-state index in [9.17, 15) is 13.2 Å². The van der Waals surface area contributed by atoms with Crippen molar-refractivity contribution < 1.29 is 22.9 Å². The number of hydrogen-bond acceptors (Lipinski definition) is 4. The van der Waals surface area contributed by atoms with Gasteiger partial charge in [0.1, 0.15) is 6.04 Å². The Morgan fingerprint density at radius 3 is 2.56 bits per heavy atom. The summed E-state index contributed by atoms with van der Waals surface area (Å²) in [6.07, 6.45) is 1.60. The molecular formula is C19H28N3O4S+. The molecule has 0 aliphatic heterocycles. The van der Waals surface area contributed by atoms with Crippen LogP contribution in [0.4, 0.5) is 5.69 Å². The van der Waals surface area contributed by atoms with Crippen molar-refractivity contribution >= 4 is 21.6 Å². The van der Waals surface area contributed by atoms with Crippen molar-refractivity contribution in [1.29, 1.82) is 0 Å². The van der Waals surface area contributed by atoms with E-state index in [-0.39, 0.29) is 23.4 Å². The molecule has 0 fully saturated rings. The summed E-state index contributed by atoms with van der Waals surface area (Å²) in [5, 5.41) is 4.63. The molecule has 3 N–H and O–H groups in total. The third-order valence-corrected chi connectivity index (χ3v) is 6.64. The highest BCUT2D eigenvalue weighted by Crippen LogP contribution is 2.23. The van der Waals surface area contributed by atoms with E-state index in [0.717, 1.165) is 5.76 Å². The number of sulfonamides is 1. The fourth-order valence-electron chi connectivity index (χ4n) is 2.82. The molecule has 1 atom stereocenters. The lowest BCUT2D eigenvalue weighted by Gasteiger charge is -2.20. The molecule has 0 saturated heterocycles. The van der Waals surface area contributed by atoms with E-state index >= 15 is 0 Å². The number of quaternary nitrogens is 1. The summed E-state index contributed by atoms with van der Waals surface area (Å²) in [4.78, 5) is 12.5. The minimum absolute atomic E-state index is 0.0161. The molecule has 7 nitrogen and oxygen atoms in total. The number of carbonyl (C=O) groups excluding carboxylic acids is 1. The van der Waals surface area contributed by atoms with Gasteiger partial charge in [0.05, 0.1) is 11.2 Å². The highest BCUT2D eigenvalue weighted by molar-refractivity contribution is 7.89. The third-order valence-electron chi connectivity index (χ3n) is 4.44. The Morgan fingerprint density at radius 1 is 1.26 bits per heavy atom. The van der Waals surface area contributed by atoms with Crippen molar-refractivity contribution in [2.45, 2.75) is 38.6 Å². The molecule has 0 radical (unpaired) electrons. The van der Waals surface area contributed by atoms with Crippen LogP contribution in [0.5, 0.6) is 0 Å². The number of aryl methyl sites for hydroxylation is 1. The van der Waals surface area contributed by atoms with Crippen molar-refractivity contribution in [3.63, 3.8) is 0 Å². The first-order valence-electron chi connectivity index (χ1n) is 9.07. The number of nitrogens with one attached hydrogen (secondary N) is 1. The predicted octanol–water partition coefficient (Wildman–Crippen LogP) is 1.88. The van der Waals surface area contributed by atoms with E-state index < -0.39 is 10.0 Å². The predicted molar refractivity (Wildman–Crippen MR) is 104 cm³/mol. The van der Waals surface area contributed by atoms with E-state index in [2.05, 4.69) is 5.32 Å². The number of amides is 1. The highest BCUT2D eigenvalue weighted by atomic mass is 32.2. The SMILES string of the molecule is CCN(CC)S(=O)(=O)c1cc(NC(=O)C[NH2+][C@@H](C)c2ccco2)ccc1C. The van der Waals surface area contributed by atoms with Gasteiger partial charge in [-0.3, -0.25) is 4.79 Å². The zero-order valence-electron chi connectivity index (χ0n) is 16.2. The average Bonchev–Trinajstić information content (AvgIpc) is 3.16. The largest absolute Gasteiger partial charge is 0.463 e. The van der Waals surface area contributed by atoms with Crippen molar-refractivity contribution in [3.05, 3.63) is 47.9 Å². The molecule has 1 aromatic heterocycles. The molecule has 148 valence electrons. The second-order valence-corrected chi connectivity index (χ2v) is 8.27. The molecule has 27 heavy (non-hydrogen) atoms. The molecule has 0 aliphatic rings. The molecule has 0 saturated carbocycles. The summed E-state index contributed by atoms with van der Waals surface area (Å²) in [5.74, 6) is 0.592. The van der Waals surface area contributed by atoms with Crippen LogP contribution < -0.4 is 10.6 Å². The Labute approximate surface area is 160 Å². The summed E-state index contributed by atoms with van der Waals surface area (Å²) in [5.41, 5.74) is 1.12. The summed E-state index contributed by atoms with van der Waals surface area (Å²) in [7, 11) is -3.58. The van der Waals surface area contributed by atoms with Crippen LogP contribution in [0.2, 0.25) is 0 Å². The van der Waals surface area contributed by atoms with Crippen LogP contribution >= 0.6 is 0 Å². The van der Waals surface area contributed by atoms with Gasteiger partial charge < -0.3 is 15.1 Å². The average molecular weight is 395 g/mol. The van der Waals surface area contributed by atoms with Crippen molar-refractivity contribution in [2.24, 2.45) is 0 Å². The fraction of sp³-hybridized carbons (Fsp3) is 0.421. The standard InChI is InChI=1S/C19H27N3O4S/c1-5-22(6-2)27(24,25)18-12-16(10-9-14(18)3)21-19(23)13-20-15(4)17-8-7-11-26-17/h7-12,15,20H,5-6,13H2,1-4H3,(H,21,23)/p+1/t15-/m0/s1. The number of furan rings is 1. The van der Waals surface area contributed by atoms with Gasteiger partial charge in [-0.2, -0.15) is 4.31 Å². The normalized spacial score (nSPS) is 12.9. The van der Waals surface area contributed by atoms with Crippen molar-refractivity contribution in [1.82, 2.24) is 4.31 Å². The maximum Gasteiger partial charge on any atom is 0.279 e. The molecule has 1 amide bonds. The molecule has 0 aliphatic carbocycles. The van der Waals surface area contributed by atoms with E-state index in [1.165, 1.54) is 10.4 Å². The minimum atomic E-state index is -3.58. The zero-order chi connectivity index (χ0) is 20.0. The lowest BCUT2D eigenvalue weighted by Crippen LogP contribution is -2.86.